The molecule has 4 heteroatoms. The monoisotopic (exact) mass is 273 g/mol. The second kappa shape index (κ2) is 5.02. The molecule has 0 aliphatic heterocycles. The van der Waals surface area contributed by atoms with Gasteiger partial charge in [0.2, 0.25) is 0 Å². The van der Waals surface area contributed by atoms with Crippen LogP contribution < -0.4 is 5.73 Å². The Bertz CT molecular complexity index is 631. The van der Waals surface area contributed by atoms with Gasteiger partial charge in [-0.1, -0.05) is 19.9 Å². The first-order valence-electron chi connectivity index (χ1n) is 7.21. The van der Waals surface area contributed by atoms with Crippen LogP contribution in [0.25, 0.3) is 5.69 Å². The highest BCUT2D eigenvalue weighted by Gasteiger charge is 2.27. The Hall–Kier alpha value is -1.68. The van der Waals surface area contributed by atoms with Gasteiger partial charge in [-0.25, -0.2) is 9.07 Å². The summed E-state index contributed by atoms with van der Waals surface area (Å²) in [5, 5.41) is 4.72. The van der Waals surface area contributed by atoms with Crippen LogP contribution >= 0.6 is 0 Å². The molecule has 0 radical (unpaired) electrons. The van der Waals surface area contributed by atoms with Crippen molar-refractivity contribution < 1.29 is 4.39 Å². The lowest BCUT2D eigenvalue weighted by atomic mass is 9.89. The second-order valence-electron chi connectivity index (χ2n) is 5.79. The lowest BCUT2D eigenvalue weighted by molar-refractivity contribution is 0.553. The fraction of sp³-hybridized carbons (Fsp3) is 0.438. The summed E-state index contributed by atoms with van der Waals surface area (Å²) in [5.74, 6) is 0.0839. The third-order valence-electron chi connectivity index (χ3n) is 3.95. The Morgan fingerprint density at radius 1 is 1.40 bits per heavy atom. The molecule has 0 saturated heterocycles. The van der Waals surface area contributed by atoms with Crippen LogP contribution in [0.1, 0.15) is 55.6 Å². The highest BCUT2D eigenvalue weighted by Crippen LogP contribution is 2.35. The van der Waals surface area contributed by atoms with Gasteiger partial charge < -0.3 is 5.73 Å². The number of nitrogens with zero attached hydrogens (tertiary/aromatic N) is 2. The van der Waals surface area contributed by atoms with Gasteiger partial charge in [0.1, 0.15) is 5.82 Å². The van der Waals surface area contributed by atoms with Crippen LogP contribution in [-0.2, 0) is 6.42 Å². The summed E-state index contributed by atoms with van der Waals surface area (Å²) < 4.78 is 15.3. The third-order valence-corrected chi connectivity index (χ3v) is 3.95. The van der Waals surface area contributed by atoms with E-state index >= 15 is 0 Å². The third kappa shape index (κ3) is 2.14. The number of rotatable bonds is 2. The van der Waals surface area contributed by atoms with Gasteiger partial charge >= 0.3 is 0 Å². The van der Waals surface area contributed by atoms with Crippen molar-refractivity contribution in [2.45, 2.75) is 45.1 Å². The molecule has 20 heavy (non-hydrogen) atoms. The topological polar surface area (TPSA) is 43.8 Å². The molecule has 1 unspecified atom stereocenters. The largest absolute Gasteiger partial charge is 0.324 e. The van der Waals surface area contributed by atoms with Crippen LogP contribution in [0.5, 0.6) is 0 Å². The summed E-state index contributed by atoms with van der Waals surface area (Å²) in [5.41, 5.74) is 10.4. The van der Waals surface area contributed by atoms with Crippen LogP contribution in [0.15, 0.2) is 24.3 Å². The number of fused-ring (bicyclic) bond motifs is 1. The average molecular weight is 273 g/mol. The van der Waals surface area contributed by atoms with E-state index in [0.29, 0.717) is 5.92 Å². The van der Waals surface area contributed by atoms with Crippen molar-refractivity contribution in [2.75, 3.05) is 0 Å². The molecule has 3 nitrogen and oxygen atoms in total. The summed E-state index contributed by atoms with van der Waals surface area (Å²) in [6.07, 6.45) is 3.02. The molecule has 2 aromatic rings. The van der Waals surface area contributed by atoms with Crippen molar-refractivity contribution in [2.24, 2.45) is 5.73 Å². The van der Waals surface area contributed by atoms with E-state index < -0.39 is 0 Å². The van der Waals surface area contributed by atoms with Gasteiger partial charge in [0.05, 0.1) is 11.4 Å². The highest BCUT2D eigenvalue weighted by atomic mass is 19.1. The Kier molecular flexibility index (Phi) is 3.34. The van der Waals surface area contributed by atoms with E-state index in [2.05, 4.69) is 13.8 Å². The SMILES string of the molecule is CC(C)c1nn(-c2cccc(F)c2)c2c1C(N)CCC2. The zero-order chi connectivity index (χ0) is 14.3. The van der Waals surface area contributed by atoms with Crippen LogP contribution in [0.4, 0.5) is 4.39 Å². The van der Waals surface area contributed by atoms with Crippen molar-refractivity contribution in [3.05, 3.63) is 47.0 Å². The fourth-order valence-corrected chi connectivity index (χ4v) is 3.01. The summed E-state index contributed by atoms with van der Waals surface area (Å²) >= 11 is 0. The molecule has 0 spiro atoms. The molecule has 1 aliphatic carbocycles. The maximum absolute atomic E-state index is 13.5. The van der Waals surface area contributed by atoms with E-state index in [1.807, 2.05) is 10.7 Å². The first kappa shape index (κ1) is 13.3. The predicted octanol–water partition coefficient (Wildman–Crippen LogP) is 3.47. The van der Waals surface area contributed by atoms with Crippen molar-refractivity contribution in [3.63, 3.8) is 0 Å². The van der Waals surface area contributed by atoms with Crippen molar-refractivity contribution in [3.8, 4) is 5.69 Å². The second-order valence-corrected chi connectivity index (χ2v) is 5.79. The molecule has 1 aromatic heterocycles. The molecular formula is C16H20FN3. The molecule has 0 bridgehead atoms. The van der Waals surface area contributed by atoms with Gasteiger partial charge in [0.15, 0.2) is 0 Å². The maximum Gasteiger partial charge on any atom is 0.125 e. The molecule has 1 aliphatic rings. The van der Waals surface area contributed by atoms with E-state index in [9.17, 15) is 4.39 Å². The van der Waals surface area contributed by atoms with Crippen LogP contribution in [0.2, 0.25) is 0 Å². The maximum atomic E-state index is 13.5. The molecule has 2 N–H and O–H groups in total. The zero-order valence-electron chi connectivity index (χ0n) is 11.9. The van der Waals surface area contributed by atoms with E-state index in [1.165, 1.54) is 17.7 Å². The number of nitrogens with two attached hydrogens (primary N) is 1. The summed E-state index contributed by atoms with van der Waals surface area (Å²) in [4.78, 5) is 0. The lowest BCUT2D eigenvalue weighted by Crippen LogP contribution is -2.19. The van der Waals surface area contributed by atoms with E-state index in [-0.39, 0.29) is 11.9 Å². The van der Waals surface area contributed by atoms with E-state index in [4.69, 9.17) is 10.8 Å². The number of halogens is 1. The van der Waals surface area contributed by atoms with Gasteiger partial charge in [-0.2, -0.15) is 5.10 Å². The minimum atomic E-state index is -0.238. The van der Waals surface area contributed by atoms with Gasteiger partial charge in [-0.15, -0.1) is 0 Å². The molecule has 0 amide bonds. The zero-order valence-corrected chi connectivity index (χ0v) is 11.9. The fourth-order valence-electron chi connectivity index (χ4n) is 3.01. The average Bonchev–Trinajstić information content (AvgIpc) is 2.80. The van der Waals surface area contributed by atoms with Crippen molar-refractivity contribution in [1.29, 1.82) is 0 Å². The van der Waals surface area contributed by atoms with Crippen LogP contribution in [-0.4, -0.2) is 9.78 Å². The Balaban J connectivity index is 2.19. The molecule has 1 aromatic carbocycles. The Morgan fingerprint density at radius 3 is 2.90 bits per heavy atom. The van der Waals surface area contributed by atoms with Crippen LogP contribution in [0.3, 0.4) is 0 Å². The lowest BCUT2D eigenvalue weighted by Gasteiger charge is -2.21. The Labute approximate surface area is 118 Å². The minimum absolute atomic E-state index is 0.0541. The van der Waals surface area contributed by atoms with Gasteiger partial charge in [0.25, 0.3) is 0 Å². The number of hydrogen-bond acceptors (Lipinski definition) is 2. The van der Waals surface area contributed by atoms with Gasteiger partial charge in [0, 0.05) is 17.3 Å². The molecule has 106 valence electrons. The minimum Gasteiger partial charge on any atom is -0.324 e. The number of benzene rings is 1. The molecule has 1 heterocycles. The molecule has 0 saturated carbocycles. The van der Waals surface area contributed by atoms with Crippen molar-refractivity contribution in [1.82, 2.24) is 9.78 Å². The van der Waals surface area contributed by atoms with Gasteiger partial charge in [-0.05, 0) is 43.4 Å². The normalized spacial score (nSPS) is 18.4. The summed E-state index contributed by atoms with van der Waals surface area (Å²) in [6.45, 7) is 4.25. The Morgan fingerprint density at radius 2 is 2.20 bits per heavy atom. The summed E-state index contributed by atoms with van der Waals surface area (Å²) in [6, 6.07) is 6.64. The van der Waals surface area contributed by atoms with Crippen molar-refractivity contribution >= 4 is 0 Å². The summed E-state index contributed by atoms with van der Waals surface area (Å²) in [7, 11) is 0. The highest BCUT2D eigenvalue weighted by molar-refractivity contribution is 5.41. The molecule has 3 rings (SSSR count). The predicted molar refractivity (Wildman–Crippen MR) is 77.5 cm³/mol. The van der Waals surface area contributed by atoms with E-state index in [1.54, 1.807) is 6.07 Å². The standard InChI is InChI=1S/C16H20FN3/c1-10(2)16-15-13(18)7-4-8-14(15)20(19-16)12-6-3-5-11(17)9-12/h3,5-6,9-10,13H,4,7-8,18H2,1-2H3. The molecule has 0 fully saturated rings. The quantitative estimate of drug-likeness (QED) is 0.910. The van der Waals surface area contributed by atoms with Gasteiger partial charge in [-0.3, -0.25) is 0 Å². The van der Waals surface area contributed by atoms with Crippen LogP contribution in [0, 0.1) is 5.82 Å². The first-order valence-corrected chi connectivity index (χ1v) is 7.21. The molecule has 1 atom stereocenters. The smallest absolute Gasteiger partial charge is 0.125 e. The van der Waals surface area contributed by atoms with E-state index in [0.717, 1.165) is 36.3 Å². The molecular weight excluding hydrogens is 253 g/mol. The first-order chi connectivity index (χ1) is 9.58. The number of aromatic nitrogens is 2. The number of hydrogen-bond donors (Lipinski definition) is 1.